The van der Waals surface area contributed by atoms with Gasteiger partial charge in [-0.05, 0) is 25.0 Å². The lowest BCUT2D eigenvalue weighted by molar-refractivity contribution is -0.138. The van der Waals surface area contributed by atoms with E-state index in [9.17, 15) is 9.59 Å². The summed E-state index contributed by atoms with van der Waals surface area (Å²) in [6, 6.07) is 7.35. The number of oxazole rings is 1. The van der Waals surface area contributed by atoms with Crippen molar-refractivity contribution < 1.29 is 23.8 Å². The highest BCUT2D eigenvalue weighted by Crippen LogP contribution is 2.18. The first-order chi connectivity index (χ1) is 12.1. The van der Waals surface area contributed by atoms with Gasteiger partial charge in [0, 0.05) is 38.0 Å². The maximum atomic E-state index is 12.6. The van der Waals surface area contributed by atoms with E-state index in [0.29, 0.717) is 37.5 Å². The largest absolute Gasteiger partial charge is 0.481 e. The van der Waals surface area contributed by atoms with Crippen LogP contribution < -0.4 is 0 Å². The van der Waals surface area contributed by atoms with Crippen LogP contribution in [0.3, 0.4) is 0 Å². The molecule has 0 atom stereocenters. The van der Waals surface area contributed by atoms with Crippen LogP contribution in [0.1, 0.15) is 25.2 Å². The molecule has 1 aliphatic rings. The van der Waals surface area contributed by atoms with Crippen molar-refractivity contribution in [1.29, 1.82) is 0 Å². The lowest BCUT2D eigenvalue weighted by Gasteiger charge is -2.33. The van der Waals surface area contributed by atoms with Crippen molar-refractivity contribution >= 4 is 29.1 Å². The van der Waals surface area contributed by atoms with Gasteiger partial charge >= 0.3 is 5.97 Å². The number of carboxylic acid groups (broad SMARTS) is 1. The molecule has 2 aromatic rings. The Hall–Kier alpha value is -2.67. The summed E-state index contributed by atoms with van der Waals surface area (Å²) in [5, 5.41) is 8.93. The van der Waals surface area contributed by atoms with Crippen LogP contribution in [-0.4, -0.2) is 52.7 Å². The molecule has 1 aromatic heterocycles. The number of carbonyl (C=O) groups excluding carboxylic acids is 1. The Bertz CT molecular complexity index is 744. The molecule has 2 heterocycles. The minimum atomic E-state index is -0.923. The monoisotopic (exact) mass is 344 g/mol. The number of fused-ring (bicyclic) bond motifs is 1. The maximum absolute atomic E-state index is 12.6. The summed E-state index contributed by atoms with van der Waals surface area (Å²) in [5.74, 6) is -0.817. The van der Waals surface area contributed by atoms with Gasteiger partial charge in [-0.2, -0.15) is 0 Å². The second-order valence-electron chi connectivity index (χ2n) is 5.87. The fourth-order valence-corrected chi connectivity index (χ4v) is 2.89. The molecule has 1 fully saturated rings. The number of amides is 1. The Labute approximate surface area is 144 Å². The Morgan fingerprint density at radius 1 is 1.28 bits per heavy atom. The number of para-hydroxylation sites is 2. The second kappa shape index (κ2) is 7.94. The van der Waals surface area contributed by atoms with Crippen LogP contribution in [0.25, 0.3) is 17.2 Å². The van der Waals surface area contributed by atoms with Gasteiger partial charge < -0.3 is 19.2 Å². The normalized spacial score (nSPS) is 15.7. The van der Waals surface area contributed by atoms with E-state index >= 15 is 0 Å². The third-order valence-corrected chi connectivity index (χ3v) is 4.16. The molecule has 25 heavy (non-hydrogen) atoms. The molecule has 1 amide bonds. The number of aliphatic carboxylic acids is 1. The fourth-order valence-electron chi connectivity index (χ4n) is 2.89. The van der Waals surface area contributed by atoms with Gasteiger partial charge in [-0.25, -0.2) is 4.98 Å². The number of nitrogens with zero attached hydrogens (tertiary/aromatic N) is 2. The SMILES string of the molecule is O=C(O)CCN(C(=O)/C=C/c1nc2ccccc2o1)C1CCOCC1. The van der Waals surface area contributed by atoms with Crippen LogP contribution >= 0.6 is 0 Å². The molecule has 1 N–H and O–H groups in total. The zero-order valence-corrected chi connectivity index (χ0v) is 13.8. The summed E-state index contributed by atoms with van der Waals surface area (Å²) in [6.07, 6.45) is 4.25. The van der Waals surface area contributed by atoms with E-state index in [1.807, 2.05) is 24.3 Å². The van der Waals surface area contributed by atoms with Crippen LogP contribution in [0.5, 0.6) is 0 Å². The highest BCUT2D eigenvalue weighted by atomic mass is 16.5. The van der Waals surface area contributed by atoms with Gasteiger partial charge in [-0.1, -0.05) is 12.1 Å². The van der Waals surface area contributed by atoms with Gasteiger partial charge in [-0.15, -0.1) is 0 Å². The molecule has 0 unspecified atom stereocenters. The van der Waals surface area contributed by atoms with Gasteiger partial charge in [0.05, 0.1) is 6.42 Å². The third-order valence-electron chi connectivity index (χ3n) is 4.16. The summed E-state index contributed by atoms with van der Waals surface area (Å²) < 4.78 is 10.9. The van der Waals surface area contributed by atoms with Crippen LogP contribution in [-0.2, 0) is 14.3 Å². The minimum absolute atomic E-state index is 0.00566. The van der Waals surface area contributed by atoms with Crippen molar-refractivity contribution in [3.8, 4) is 0 Å². The number of ether oxygens (including phenoxy) is 1. The summed E-state index contributed by atoms with van der Waals surface area (Å²) in [6.45, 7) is 1.34. The van der Waals surface area contributed by atoms with Crippen LogP contribution in [0.15, 0.2) is 34.8 Å². The van der Waals surface area contributed by atoms with Crippen molar-refractivity contribution in [2.24, 2.45) is 0 Å². The van der Waals surface area contributed by atoms with Crippen molar-refractivity contribution in [2.75, 3.05) is 19.8 Å². The molecule has 1 aliphatic heterocycles. The second-order valence-corrected chi connectivity index (χ2v) is 5.87. The smallest absolute Gasteiger partial charge is 0.305 e. The van der Waals surface area contributed by atoms with Gasteiger partial charge in [0.25, 0.3) is 0 Å². The number of benzene rings is 1. The molecule has 132 valence electrons. The fraction of sp³-hybridized carbons (Fsp3) is 0.389. The lowest BCUT2D eigenvalue weighted by Crippen LogP contribution is -2.43. The molecule has 0 saturated carbocycles. The Kier molecular flexibility index (Phi) is 5.45. The first-order valence-electron chi connectivity index (χ1n) is 8.27. The third kappa shape index (κ3) is 4.45. The number of carbonyl (C=O) groups is 2. The summed E-state index contributed by atoms with van der Waals surface area (Å²) in [7, 11) is 0. The average molecular weight is 344 g/mol. The van der Waals surface area contributed by atoms with E-state index in [1.165, 1.54) is 12.2 Å². The first kappa shape index (κ1) is 17.2. The molecule has 0 aliphatic carbocycles. The van der Waals surface area contributed by atoms with Gasteiger partial charge in [0.15, 0.2) is 5.58 Å². The average Bonchev–Trinajstić information content (AvgIpc) is 3.04. The van der Waals surface area contributed by atoms with Crippen molar-refractivity contribution in [1.82, 2.24) is 9.88 Å². The first-order valence-corrected chi connectivity index (χ1v) is 8.27. The van der Waals surface area contributed by atoms with E-state index in [-0.39, 0.29) is 24.9 Å². The van der Waals surface area contributed by atoms with Crippen LogP contribution in [0.2, 0.25) is 0 Å². The molecule has 0 radical (unpaired) electrons. The number of hydrogen-bond donors (Lipinski definition) is 1. The highest BCUT2D eigenvalue weighted by molar-refractivity contribution is 5.92. The van der Waals surface area contributed by atoms with Crippen molar-refractivity contribution in [3.63, 3.8) is 0 Å². The van der Waals surface area contributed by atoms with E-state index in [1.54, 1.807) is 4.90 Å². The molecule has 3 rings (SSSR count). The molecular weight excluding hydrogens is 324 g/mol. The zero-order valence-electron chi connectivity index (χ0n) is 13.8. The van der Waals surface area contributed by atoms with Gasteiger partial charge in [0.2, 0.25) is 11.8 Å². The standard InChI is InChI=1S/C18H20N2O5/c21-17(6-5-16-19-14-3-1-2-4-15(14)25-16)20(10-7-18(22)23)13-8-11-24-12-9-13/h1-6,13H,7-12H2,(H,22,23)/b6-5+. The molecule has 1 saturated heterocycles. The maximum Gasteiger partial charge on any atom is 0.305 e. The van der Waals surface area contributed by atoms with Crippen molar-refractivity contribution in [3.05, 3.63) is 36.2 Å². The lowest BCUT2D eigenvalue weighted by atomic mass is 10.1. The summed E-state index contributed by atoms with van der Waals surface area (Å²) in [5.41, 5.74) is 1.38. The molecule has 0 spiro atoms. The van der Waals surface area contributed by atoms with Crippen LogP contribution in [0.4, 0.5) is 0 Å². The minimum Gasteiger partial charge on any atom is -0.481 e. The number of carboxylic acids is 1. The predicted molar refractivity (Wildman–Crippen MR) is 90.8 cm³/mol. The number of rotatable bonds is 6. The Morgan fingerprint density at radius 2 is 2.04 bits per heavy atom. The van der Waals surface area contributed by atoms with Gasteiger partial charge in [0.1, 0.15) is 5.52 Å². The zero-order chi connectivity index (χ0) is 17.6. The Morgan fingerprint density at radius 3 is 2.76 bits per heavy atom. The molecular formula is C18H20N2O5. The molecule has 1 aromatic carbocycles. The summed E-state index contributed by atoms with van der Waals surface area (Å²) >= 11 is 0. The van der Waals surface area contributed by atoms with Crippen LogP contribution in [0, 0.1) is 0 Å². The van der Waals surface area contributed by atoms with E-state index < -0.39 is 5.97 Å². The highest BCUT2D eigenvalue weighted by Gasteiger charge is 2.25. The number of hydrogen-bond acceptors (Lipinski definition) is 5. The molecule has 7 heteroatoms. The topological polar surface area (TPSA) is 92.9 Å². The van der Waals surface area contributed by atoms with E-state index in [0.717, 1.165) is 5.52 Å². The Balaban J connectivity index is 1.72. The van der Waals surface area contributed by atoms with Crippen molar-refractivity contribution in [2.45, 2.75) is 25.3 Å². The quantitative estimate of drug-likeness (QED) is 0.809. The van der Waals surface area contributed by atoms with Gasteiger partial charge in [-0.3, -0.25) is 9.59 Å². The number of aromatic nitrogens is 1. The molecule has 0 bridgehead atoms. The van der Waals surface area contributed by atoms with E-state index in [2.05, 4.69) is 4.98 Å². The van der Waals surface area contributed by atoms with E-state index in [4.69, 9.17) is 14.3 Å². The summed E-state index contributed by atoms with van der Waals surface area (Å²) in [4.78, 5) is 29.4. The molecule has 7 nitrogen and oxygen atoms in total. The predicted octanol–water partition coefficient (Wildman–Crippen LogP) is 2.32.